The van der Waals surface area contributed by atoms with Crippen molar-refractivity contribution in [1.82, 2.24) is 10.6 Å². The van der Waals surface area contributed by atoms with Crippen molar-refractivity contribution >= 4 is 17.6 Å². The second-order valence-electron chi connectivity index (χ2n) is 5.05. The third-order valence-corrected chi connectivity index (χ3v) is 3.56. The van der Waals surface area contributed by atoms with Crippen LogP contribution in [0.15, 0.2) is 54.6 Å². The Balaban J connectivity index is 1.52. The van der Waals surface area contributed by atoms with E-state index in [1.807, 2.05) is 48.5 Å². The summed E-state index contributed by atoms with van der Waals surface area (Å²) in [5, 5.41) is 6.24. The van der Waals surface area contributed by atoms with E-state index in [4.69, 9.17) is 16.3 Å². The Labute approximate surface area is 141 Å². The minimum Gasteiger partial charge on any atom is -0.492 e. The summed E-state index contributed by atoms with van der Waals surface area (Å²) in [5.41, 5.74) is 1.21. The molecule has 4 nitrogen and oxygen atoms in total. The summed E-state index contributed by atoms with van der Waals surface area (Å²) < 4.78 is 5.55. The van der Waals surface area contributed by atoms with Gasteiger partial charge in [-0.05, 0) is 30.5 Å². The Kier molecular flexibility index (Phi) is 7.27. The Hall–Kier alpha value is -2.20. The van der Waals surface area contributed by atoms with E-state index in [9.17, 15) is 4.79 Å². The highest BCUT2D eigenvalue weighted by Crippen LogP contribution is 2.22. The minimum absolute atomic E-state index is 0.154. The molecule has 0 aliphatic heterocycles. The Morgan fingerprint density at radius 2 is 1.65 bits per heavy atom. The summed E-state index contributed by atoms with van der Waals surface area (Å²) in [5.74, 6) is 0.668. The van der Waals surface area contributed by atoms with Gasteiger partial charge in [0.2, 0.25) is 0 Å². The fraction of sp³-hybridized carbons (Fsp3) is 0.278. The number of nitrogens with one attached hydrogen (secondary N) is 2. The number of halogens is 1. The van der Waals surface area contributed by atoms with Crippen LogP contribution < -0.4 is 15.4 Å². The van der Waals surface area contributed by atoms with Crippen LogP contribution >= 0.6 is 11.6 Å². The van der Waals surface area contributed by atoms with Crippen molar-refractivity contribution in [1.29, 1.82) is 0 Å². The van der Waals surface area contributed by atoms with Crippen molar-refractivity contribution in [2.45, 2.75) is 12.8 Å². The number of urea groups is 1. The maximum Gasteiger partial charge on any atom is 0.314 e. The first-order chi connectivity index (χ1) is 11.3. The normalized spacial score (nSPS) is 10.1. The largest absolute Gasteiger partial charge is 0.492 e. The van der Waals surface area contributed by atoms with E-state index in [0.29, 0.717) is 30.5 Å². The fourth-order valence-electron chi connectivity index (χ4n) is 2.05. The van der Waals surface area contributed by atoms with Crippen LogP contribution in [-0.4, -0.2) is 25.7 Å². The van der Waals surface area contributed by atoms with Gasteiger partial charge in [0.1, 0.15) is 5.75 Å². The van der Waals surface area contributed by atoms with E-state index < -0.39 is 0 Å². The van der Waals surface area contributed by atoms with Crippen LogP contribution in [0.3, 0.4) is 0 Å². The molecular weight excluding hydrogens is 312 g/mol. The lowest BCUT2D eigenvalue weighted by atomic mass is 10.1. The predicted molar refractivity (Wildman–Crippen MR) is 93.1 cm³/mol. The molecule has 0 aromatic heterocycles. The number of benzene rings is 2. The smallest absolute Gasteiger partial charge is 0.314 e. The van der Waals surface area contributed by atoms with Crippen molar-refractivity contribution < 1.29 is 9.53 Å². The van der Waals surface area contributed by atoms with Crippen LogP contribution in [0.1, 0.15) is 12.0 Å². The predicted octanol–water partition coefficient (Wildman–Crippen LogP) is 3.65. The Morgan fingerprint density at radius 1 is 0.957 bits per heavy atom. The summed E-state index contributed by atoms with van der Waals surface area (Å²) >= 11 is 5.99. The lowest BCUT2D eigenvalue weighted by molar-refractivity contribution is 0.239. The van der Waals surface area contributed by atoms with Crippen LogP contribution in [0.25, 0.3) is 0 Å². The molecule has 0 saturated heterocycles. The molecule has 0 unspecified atom stereocenters. The topological polar surface area (TPSA) is 50.4 Å². The van der Waals surface area contributed by atoms with Gasteiger partial charge >= 0.3 is 6.03 Å². The van der Waals surface area contributed by atoms with Crippen LogP contribution in [-0.2, 0) is 6.42 Å². The van der Waals surface area contributed by atoms with Gasteiger partial charge in [0.15, 0.2) is 0 Å². The lowest BCUT2D eigenvalue weighted by Gasteiger charge is -2.09. The van der Waals surface area contributed by atoms with E-state index >= 15 is 0 Å². The fourth-order valence-corrected chi connectivity index (χ4v) is 2.24. The van der Waals surface area contributed by atoms with Crippen molar-refractivity contribution in [2.24, 2.45) is 0 Å². The molecule has 122 valence electrons. The highest BCUT2D eigenvalue weighted by molar-refractivity contribution is 6.32. The van der Waals surface area contributed by atoms with Gasteiger partial charge in [-0.1, -0.05) is 54.1 Å². The van der Waals surface area contributed by atoms with Gasteiger partial charge in [-0.3, -0.25) is 0 Å². The van der Waals surface area contributed by atoms with Gasteiger partial charge < -0.3 is 15.4 Å². The molecule has 0 bridgehead atoms. The summed E-state index contributed by atoms with van der Waals surface area (Å²) in [4.78, 5) is 11.6. The first kappa shape index (κ1) is 17.2. The minimum atomic E-state index is -0.154. The van der Waals surface area contributed by atoms with Crippen LogP contribution in [0.4, 0.5) is 4.79 Å². The summed E-state index contributed by atoms with van der Waals surface area (Å²) in [6.07, 6.45) is 1.54. The highest BCUT2D eigenvalue weighted by atomic mass is 35.5. The van der Waals surface area contributed by atoms with E-state index in [2.05, 4.69) is 10.6 Å². The average molecular weight is 333 g/mol. The molecule has 0 fully saturated rings. The molecule has 0 aliphatic carbocycles. The molecule has 0 saturated carbocycles. The molecule has 2 N–H and O–H groups in total. The summed E-state index contributed by atoms with van der Waals surface area (Å²) in [6, 6.07) is 17.3. The molecule has 5 heteroatoms. The average Bonchev–Trinajstić information content (AvgIpc) is 2.57. The number of rotatable bonds is 8. The molecule has 0 radical (unpaired) electrons. The molecular formula is C18H21ClN2O2. The quantitative estimate of drug-likeness (QED) is 0.725. The maximum absolute atomic E-state index is 11.6. The monoisotopic (exact) mass is 332 g/mol. The van der Waals surface area contributed by atoms with Crippen LogP contribution in [0, 0.1) is 0 Å². The van der Waals surface area contributed by atoms with Crippen molar-refractivity contribution in [3.63, 3.8) is 0 Å². The van der Waals surface area contributed by atoms with Crippen molar-refractivity contribution in [3.8, 4) is 5.75 Å². The van der Waals surface area contributed by atoms with Crippen LogP contribution in [0.5, 0.6) is 5.75 Å². The zero-order valence-electron chi connectivity index (χ0n) is 12.9. The number of para-hydroxylation sites is 1. The van der Waals surface area contributed by atoms with E-state index in [1.165, 1.54) is 5.56 Å². The molecule has 23 heavy (non-hydrogen) atoms. The highest BCUT2D eigenvalue weighted by Gasteiger charge is 2.01. The van der Waals surface area contributed by atoms with Gasteiger partial charge in [0, 0.05) is 13.1 Å². The van der Waals surface area contributed by atoms with E-state index in [-0.39, 0.29) is 6.03 Å². The van der Waals surface area contributed by atoms with E-state index in [1.54, 1.807) is 6.07 Å². The third-order valence-electron chi connectivity index (χ3n) is 3.24. The number of carbonyl (C=O) groups excluding carboxylic acids is 1. The molecule has 2 aromatic rings. The van der Waals surface area contributed by atoms with Gasteiger partial charge in [0.05, 0.1) is 11.6 Å². The zero-order chi connectivity index (χ0) is 16.3. The van der Waals surface area contributed by atoms with Crippen molar-refractivity contribution in [2.75, 3.05) is 19.7 Å². The lowest BCUT2D eigenvalue weighted by Crippen LogP contribution is -2.37. The summed E-state index contributed by atoms with van der Waals surface area (Å²) in [7, 11) is 0. The van der Waals surface area contributed by atoms with Gasteiger partial charge in [0.25, 0.3) is 0 Å². The molecule has 2 amide bonds. The number of hydrogen-bond donors (Lipinski definition) is 2. The van der Waals surface area contributed by atoms with Crippen LogP contribution in [0.2, 0.25) is 5.02 Å². The second-order valence-corrected chi connectivity index (χ2v) is 5.46. The van der Waals surface area contributed by atoms with Gasteiger partial charge in [-0.2, -0.15) is 0 Å². The molecule has 2 rings (SSSR count). The molecule has 0 atom stereocenters. The molecule has 0 heterocycles. The molecule has 2 aromatic carbocycles. The number of carbonyl (C=O) groups is 1. The molecule has 0 aliphatic rings. The number of amides is 2. The first-order valence-electron chi connectivity index (χ1n) is 7.68. The van der Waals surface area contributed by atoms with Gasteiger partial charge in [-0.25, -0.2) is 4.79 Å². The second kappa shape index (κ2) is 9.74. The molecule has 0 spiro atoms. The third kappa shape index (κ3) is 6.61. The van der Waals surface area contributed by atoms with Crippen molar-refractivity contribution in [3.05, 3.63) is 65.2 Å². The van der Waals surface area contributed by atoms with E-state index in [0.717, 1.165) is 12.8 Å². The maximum atomic E-state index is 11.6. The summed E-state index contributed by atoms with van der Waals surface area (Å²) in [6.45, 7) is 1.68. The SMILES string of the molecule is O=C(NCCCOc1ccccc1Cl)NCCc1ccccc1. The first-order valence-corrected chi connectivity index (χ1v) is 8.06. The standard InChI is InChI=1S/C18H21ClN2O2/c19-16-9-4-5-10-17(16)23-14-6-12-20-18(22)21-13-11-15-7-2-1-3-8-15/h1-5,7-10H,6,11-14H2,(H2,20,21,22). The Bertz CT molecular complexity index is 605. The number of ether oxygens (including phenoxy) is 1. The zero-order valence-corrected chi connectivity index (χ0v) is 13.7. The Morgan fingerprint density at radius 3 is 2.43 bits per heavy atom. The number of hydrogen-bond acceptors (Lipinski definition) is 2. The van der Waals surface area contributed by atoms with Gasteiger partial charge in [-0.15, -0.1) is 0 Å².